The molecule has 20 heavy (non-hydrogen) atoms. The van der Waals surface area contributed by atoms with Crippen molar-refractivity contribution in [3.63, 3.8) is 0 Å². The summed E-state index contributed by atoms with van der Waals surface area (Å²) in [4.78, 5) is 18.2. The second-order valence-electron chi connectivity index (χ2n) is 4.22. The monoisotopic (exact) mass is 310 g/mol. The van der Waals surface area contributed by atoms with E-state index < -0.39 is 0 Å². The molecule has 0 saturated heterocycles. The molecule has 0 spiro atoms. The summed E-state index contributed by atoms with van der Waals surface area (Å²) in [5.41, 5.74) is 1.28. The van der Waals surface area contributed by atoms with Gasteiger partial charge in [-0.1, -0.05) is 0 Å². The molecule has 3 heterocycles. The Kier molecular flexibility index (Phi) is 3.93. The van der Waals surface area contributed by atoms with Gasteiger partial charge >= 0.3 is 6.01 Å². The van der Waals surface area contributed by atoms with Gasteiger partial charge < -0.3 is 4.74 Å². The molecule has 0 aromatic carbocycles. The molecule has 2 N–H and O–H groups in total. The van der Waals surface area contributed by atoms with Crippen molar-refractivity contribution in [1.29, 1.82) is 0 Å². The number of hydrogen-bond acceptors (Lipinski definition) is 6. The highest BCUT2D eigenvalue weighted by molar-refractivity contribution is 7.98. The topological polar surface area (TPSA) is 79.9 Å². The quantitative estimate of drug-likeness (QED) is 0.906. The van der Waals surface area contributed by atoms with Crippen LogP contribution in [0, 0.1) is 0 Å². The van der Waals surface area contributed by atoms with E-state index in [0.717, 1.165) is 17.9 Å². The average molecular weight is 310 g/mol. The molecular weight excluding hydrogens is 296 g/mol. The zero-order valence-corrected chi connectivity index (χ0v) is 12.6. The number of anilines is 1. The molecule has 0 radical (unpaired) electrons. The first-order chi connectivity index (χ1) is 9.76. The molecule has 0 unspecified atom stereocenters. The maximum absolute atomic E-state index is 12.2. The van der Waals surface area contributed by atoms with Crippen molar-refractivity contribution >= 4 is 35.0 Å². The van der Waals surface area contributed by atoms with Crippen LogP contribution in [0.1, 0.15) is 27.0 Å². The molecule has 8 heteroatoms. The van der Waals surface area contributed by atoms with Crippen LogP contribution < -0.4 is 10.1 Å². The van der Waals surface area contributed by atoms with Crippen LogP contribution >= 0.6 is 23.1 Å². The van der Waals surface area contributed by atoms with Crippen molar-refractivity contribution in [2.75, 3.05) is 17.7 Å². The van der Waals surface area contributed by atoms with Crippen LogP contribution in [0.3, 0.4) is 0 Å². The van der Waals surface area contributed by atoms with Crippen LogP contribution in [-0.4, -0.2) is 33.4 Å². The maximum atomic E-state index is 12.2. The highest BCUT2D eigenvalue weighted by atomic mass is 32.2. The predicted octanol–water partition coefficient (Wildman–Crippen LogP) is 2.31. The lowest BCUT2D eigenvalue weighted by Crippen LogP contribution is -2.11. The van der Waals surface area contributed by atoms with E-state index in [2.05, 4.69) is 20.5 Å². The molecule has 0 aliphatic carbocycles. The number of thiophene rings is 1. The Hall–Kier alpha value is -1.54. The lowest BCUT2D eigenvalue weighted by Gasteiger charge is -2.08. The Labute approximate surface area is 124 Å². The number of nitrogens with one attached hydrogen (secondary N) is 2. The molecule has 106 valence electrons. The van der Waals surface area contributed by atoms with Crippen LogP contribution in [0.4, 0.5) is 5.95 Å². The van der Waals surface area contributed by atoms with E-state index in [4.69, 9.17) is 4.74 Å². The van der Waals surface area contributed by atoms with Crippen molar-refractivity contribution < 1.29 is 9.53 Å². The fraction of sp³-hybridized carbons (Fsp3) is 0.417. The van der Waals surface area contributed by atoms with Gasteiger partial charge in [-0.15, -0.1) is 16.4 Å². The molecule has 0 bridgehead atoms. The van der Waals surface area contributed by atoms with Gasteiger partial charge in [-0.25, -0.2) is 5.10 Å². The highest BCUT2D eigenvalue weighted by Gasteiger charge is 2.18. The SMILES string of the molecule is CCOc1n[nH]c(NC(=O)c2cc3c(s2)CCSC3)n1. The van der Waals surface area contributed by atoms with Gasteiger partial charge in [0.15, 0.2) is 0 Å². The molecule has 2 aromatic rings. The Balaban J connectivity index is 1.70. The van der Waals surface area contributed by atoms with E-state index in [1.54, 1.807) is 11.3 Å². The third-order valence-corrected chi connectivity index (χ3v) is 5.07. The average Bonchev–Trinajstić information content (AvgIpc) is 3.05. The zero-order chi connectivity index (χ0) is 13.9. The second-order valence-corrected chi connectivity index (χ2v) is 6.46. The van der Waals surface area contributed by atoms with Crippen molar-refractivity contribution in [3.8, 4) is 6.01 Å². The number of nitrogens with zero attached hydrogens (tertiary/aromatic N) is 2. The Morgan fingerprint density at radius 1 is 1.60 bits per heavy atom. The number of fused-ring (bicyclic) bond motifs is 1. The summed E-state index contributed by atoms with van der Waals surface area (Å²) in [5, 5.41) is 9.18. The summed E-state index contributed by atoms with van der Waals surface area (Å²) in [7, 11) is 0. The number of hydrogen-bond donors (Lipinski definition) is 2. The Bertz CT molecular complexity index is 599. The lowest BCUT2D eigenvalue weighted by molar-refractivity contribution is 0.102. The maximum Gasteiger partial charge on any atom is 0.337 e. The van der Waals surface area contributed by atoms with E-state index >= 15 is 0 Å². The van der Waals surface area contributed by atoms with Crippen molar-refractivity contribution in [1.82, 2.24) is 15.2 Å². The molecule has 0 saturated carbocycles. The molecule has 6 nitrogen and oxygen atoms in total. The highest BCUT2D eigenvalue weighted by Crippen LogP contribution is 2.31. The van der Waals surface area contributed by atoms with Gasteiger partial charge in [-0.2, -0.15) is 16.7 Å². The number of aromatic amines is 1. The van der Waals surface area contributed by atoms with Crippen molar-refractivity contribution in [2.45, 2.75) is 19.1 Å². The number of rotatable bonds is 4. The van der Waals surface area contributed by atoms with Crippen LogP contribution in [0.2, 0.25) is 0 Å². The van der Waals surface area contributed by atoms with Crippen LogP contribution in [0.15, 0.2) is 6.07 Å². The van der Waals surface area contributed by atoms with E-state index in [9.17, 15) is 4.79 Å². The molecule has 1 aliphatic rings. The van der Waals surface area contributed by atoms with Crippen molar-refractivity contribution in [2.24, 2.45) is 0 Å². The summed E-state index contributed by atoms with van der Waals surface area (Å²) in [5.74, 6) is 2.28. The summed E-state index contributed by atoms with van der Waals surface area (Å²) in [6.07, 6.45) is 1.05. The van der Waals surface area contributed by atoms with Gasteiger partial charge in [0, 0.05) is 10.6 Å². The van der Waals surface area contributed by atoms with E-state index in [1.807, 2.05) is 24.8 Å². The number of carbonyl (C=O) groups is 1. The van der Waals surface area contributed by atoms with Gasteiger partial charge in [-0.3, -0.25) is 10.1 Å². The number of thioether (sulfide) groups is 1. The minimum Gasteiger partial charge on any atom is -0.463 e. The molecule has 1 amide bonds. The number of carbonyl (C=O) groups excluding carboxylic acids is 1. The smallest absolute Gasteiger partial charge is 0.337 e. The van der Waals surface area contributed by atoms with E-state index in [-0.39, 0.29) is 11.9 Å². The standard InChI is InChI=1S/C12H14N4O2S2/c1-2-18-12-14-11(15-16-12)13-10(17)9-5-7-6-19-4-3-8(7)20-9/h5H,2-4,6H2,1H3,(H2,13,14,15,16,17). The van der Waals surface area contributed by atoms with Gasteiger partial charge in [0.1, 0.15) is 0 Å². The van der Waals surface area contributed by atoms with E-state index in [0.29, 0.717) is 17.4 Å². The van der Waals surface area contributed by atoms with Gasteiger partial charge in [-0.05, 0) is 30.7 Å². The summed E-state index contributed by atoms with van der Waals surface area (Å²) in [6, 6.07) is 2.21. The summed E-state index contributed by atoms with van der Waals surface area (Å²) >= 11 is 3.47. The number of aryl methyl sites for hydroxylation is 1. The third-order valence-electron chi connectivity index (χ3n) is 2.82. The van der Waals surface area contributed by atoms with Crippen LogP contribution in [0.25, 0.3) is 0 Å². The molecule has 0 atom stereocenters. The number of aromatic nitrogens is 3. The molecule has 0 fully saturated rings. The fourth-order valence-corrected chi connectivity index (χ4v) is 4.19. The summed E-state index contributed by atoms with van der Waals surface area (Å²) in [6.45, 7) is 2.34. The number of amides is 1. The van der Waals surface area contributed by atoms with Gasteiger partial charge in [0.25, 0.3) is 5.91 Å². The normalized spacial score (nSPS) is 13.8. The minimum absolute atomic E-state index is 0.159. The van der Waals surface area contributed by atoms with Gasteiger partial charge in [0.05, 0.1) is 11.5 Å². The Morgan fingerprint density at radius 3 is 3.30 bits per heavy atom. The Morgan fingerprint density at radius 2 is 2.50 bits per heavy atom. The van der Waals surface area contributed by atoms with Crippen molar-refractivity contribution in [3.05, 3.63) is 21.4 Å². The predicted molar refractivity (Wildman–Crippen MR) is 79.7 cm³/mol. The first-order valence-electron chi connectivity index (χ1n) is 6.32. The van der Waals surface area contributed by atoms with Crippen LogP contribution in [0.5, 0.6) is 6.01 Å². The lowest BCUT2D eigenvalue weighted by atomic mass is 10.2. The first-order valence-corrected chi connectivity index (χ1v) is 8.29. The van der Waals surface area contributed by atoms with Crippen LogP contribution in [-0.2, 0) is 12.2 Å². The van der Waals surface area contributed by atoms with E-state index in [1.165, 1.54) is 10.4 Å². The molecule has 2 aromatic heterocycles. The fourth-order valence-electron chi connectivity index (χ4n) is 1.92. The summed E-state index contributed by atoms with van der Waals surface area (Å²) < 4.78 is 5.14. The second kappa shape index (κ2) is 5.84. The third kappa shape index (κ3) is 2.80. The number of H-pyrrole nitrogens is 1. The molecular formula is C12H14N4O2S2. The number of ether oxygens (including phenoxy) is 1. The van der Waals surface area contributed by atoms with Gasteiger partial charge in [0.2, 0.25) is 5.95 Å². The zero-order valence-electron chi connectivity index (χ0n) is 10.9. The largest absolute Gasteiger partial charge is 0.463 e. The first kappa shape index (κ1) is 13.4. The molecule has 1 aliphatic heterocycles. The minimum atomic E-state index is -0.159. The molecule has 3 rings (SSSR count).